The largest absolute Gasteiger partial charge is 0.336 e. The Labute approximate surface area is 121 Å². The Balaban J connectivity index is 2.49. The summed E-state index contributed by atoms with van der Waals surface area (Å²) in [5.74, 6) is 0.326. The van der Waals surface area contributed by atoms with E-state index < -0.39 is 0 Å². The van der Waals surface area contributed by atoms with Crippen molar-refractivity contribution in [3.63, 3.8) is 0 Å². The minimum Gasteiger partial charge on any atom is -0.336 e. The fourth-order valence-corrected chi connectivity index (χ4v) is 1.82. The van der Waals surface area contributed by atoms with Crippen molar-refractivity contribution in [2.24, 2.45) is 0 Å². The van der Waals surface area contributed by atoms with Gasteiger partial charge in [0, 0.05) is 0 Å². The van der Waals surface area contributed by atoms with E-state index in [2.05, 4.69) is 21.6 Å². The molecule has 1 N–H and O–H groups in total. The Morgan fingerprint density at radius 1 is 1.15 bits per heavy atom. The maximum atomic E-state index is 9.23. The SMILES string of the molecule is Cc1nnc(Nc2cc(C#N)ccc2Cl)c(C#N)c1C. The molecule has 0 aliphatic rings. The molecule has 0 spiro atoms. The summed E-state index contributed by atoms with van der Waals surface area (Å²) in [5.41, 5.74) is 2.85. The molecule has 0 fully saturated rings. The highest BCUT2D eigenvalue weighted by atomic mass is 35.5. The van der Waals surface area contributed by atoms with Crippen LogP contribution in [0.4, 0.5) is 11.5 Å². The summed E-state index contributed by atoms with van der Waals surface area (Å²) < 4.78 is 0. The van der Waals surface area contributed by atoms with E-state index in [-0.39, 0.29) is 0 Å². The number of nitriles is 2. The van der Waals surface area contributed by atoms with Crippen LogP contribution in [0.5, 0.6) is 0 Å². The molecule has 0 saturated heterocycles. The predicted octanol–water partition coefficient (Wildman–Crippen LogP) is 3.23. The number of hydrogen-bond donors (Lipinski definition) is 1. The van der Waals surface area contributed by atoms with Crippen LogP contribution >= 0.6 is 11.6 Å². The molecule has 1 heterocycles. The van der Waals surface area contributed by atoms with Crippen LogP contribution in [0.2, 0.25) is 5.02 Å². The zero-order valence-electron chi connectivity index (χ0n) is 10.9. The van der Waals surface area contributed by atoms with Crippen LogP contribution in [0.3, 0.4) is 0 Å². The van der Waals surface area contributed by atoms with Gasteiger partial charge in [-0.15, -0.1) is 5.10 Å². The molecule has 0 saturated carbocycles. The number of nitrogens with zero attached hydrogens (tertiary/aromatic N) is 4. The molecular formula is C14H10ClN5. The summed E-state index contributed by atoms with van der Waals surface area (Å²) in [6.07, 6.45) is 0. The van der Waals surface area contributed by atoms with Crippen molar-refractivity contribution in [1.29, 1.82) is 10.5 Å². The smallest absolute Gasteiger partial charge is 0.171 e. The normalized spacial score (nSPS) is 9.65. The average Bonchev–Trinajstić information content (AvgIpc) is 2.45. The van der Waals surface area contributed by atoms with Crippen LogP contribution in [0.25, 0.3) is 0 Å². The van der Waals surface area contributed by atoms with Gasteiger partial charge in [0.1, 0.15) is 11.6 Å². The van der Waals surface area contributed by atoms with Crippen molar-refractivity contribution in [2.75, 3.05) is 5.32 Å². The summed E-state index contributed by atoms with van der Waals surface area (Å²) >= 11 is 6.07. The Morgan fingerprint density at radius 3 is 2.55 bits per heavy atom. The highest BCUT2D eigenvalue weighted by molar-refractivity contribution is 6.33. The van der Waals surface area contributed by atoms with Gasteiger partial charge in [-0.25, -0.2) is 0 Å². The number of anilines is 2. The monoisotopic (exact) mass is 283 g/mol. The minimum absolute atomic E-state index is 0.326. The Morgan fingerprint density at radius 2 is 1.90 bits per heavy atom. The minimum atomic E-state index is 0.326. The van der Waals surface area contributed by atoms with Gasteiger partial charge in [-0.1, -0.05) is 11.6 Å². The van der Waals surface area contributed by atoms with E-state index >= 15 is 0 Å². The summed E-state index contributed by atoms with van der Waals surface area (Å²) in [7, 11) is 0. The lowest BCUT2D eigenvalue weighted by molar-refractivity contribution is 0.960. The molecule has 0 radical (unpaired) electrons. The molecule has 0 bridgehead atoms. The zero-order chi connectivity index (χ0) is 14.7. The lowest BCUT2D eigenvalue weighted by atomic mass is 10.1. The van der Waals surface area contributed by atoms with Gasteiger partial charge >= 0.3 is 0 Å². The quantitative estimate of drug-likeness (QED) is 0.914. The van der Waals surface area contributed by atoms with Gasteiger partial charge in [0.25, 0.3) is 0 Å². The number of hydrogen-bond acceptors (Lipinski definition) is 5. The number of rotatable bonds is 2. The van der Waals surface area contributed by atoms with E-state index in [9.17, 15) is 5.26 Å². The number of halogens is 1. The van der Waals surface area contributed by atoms with Crippen LogP contribution in [0.1, 0.15) is 22.4 Å². The van der Waals surface area contributed by atoms with Crippen molar-refractivity contribution in [1.82, 2.24) is 10.2 Å². The maximum absolute atomic E-state index is 9.23. The highest BCUT2D eigenvalue weighted by Gasteiger charge is 2.12. The number of aryl methyl sites for hydroxylation is 1. The number of benzene rings is 1. The van der Waals surface area contributed by atoms with Crippen LogP contribution in [-0.4, -0.2) is 10.2 Å². The number of nitrogens with one attached hydrogen (secondary N) is 1. The van der Waals surface area contributed by atoms with Crippen LogP contribution in [-0.2, 0) is 0 Å². The third-order valence-corrected chi connectivity index (χ3v) is 3.24. The highest BCUT2D eigenvalue weighted by Crippen LogP contribution is 2.28. The summed E-state index contributed by atoms with van der Waals surface area (Å²) in [6, 6.07) is 8.96. The Kier molecular flexibility index (Phi) is 3.84. The summed E-state index contributed by atoms with van der Waals surface area (Å²) in [6.45, 7) is 3.59. The second kappa shape index (κ2) is 5.56. The van der Waals surface area contributed by atoms with Crippen LogP contribution < -0.4 is 5.32 Å². The zero-order valence-corrected chi connectivity index (χ0v) is 11.7. The first kappa shape index (κ1) is 13.8. The van der Waals surface area contributed by atoms with E-state index in [4.69, 9.17) is 16.9 Å². The molecule has 20 heavy (non-hydrogen) atoms. The topological polar surface area (TPSA) is 85.4 Å². The average molecular weight is 284 g/mol. The summed E-state index contributed by atoms with van der Waals surface area (Å²) in [5, 5.41) is 29.5. The molecule has 0 amide bonds. The van der Waals surface area contributed by atoms with Gasteiger partial charge < -0.3 is 5.32 Å². The Hall–Kier alpha value is -2.63. The molecule has 0 atom stereocenters. The third-order valence-electron chi connectivity index (χ3n) is 2.91. The van der Waals surface area contributed by atoms with Gasteiger partial charge in [-0.3, -0.25) is 0 Å². The molecule has 0 aliphatic heterocycles. The van der Waals surface area contributed by atoms with Crippen molar-refractivity contribution in [3.8, 4) is 12.1 Å². The van der Waals surface area contributed by atoms with E-state index in [1.165, 1.54) is 0 Å². The van der Waals surface area contributed by atoms with Crippen molar-refractivity contribution in [2.45, 2.75) is 13.8 Å². The fourth-order valence-electron chi connectivity index (χ4n) is 1.65. The molecule has 0 aliphatic carbocycles. The molecule has 1 aromatic heterocycles. The first-order chi connectivity index (χ1) is 9.56. The standard InChI is InChI=1S/C14H10ClN5/c1-8-9(2)19-20-14(11(8)7-17)18-13-5-10(6-16)3-4-12(13)15/h3-5H,1-2H3,(H,18,20). The van der Waals surface area contributed by atoms with Crippen LogP contribution in [0.15, 0.2) is 18.2 Å². The van der Waals surface area contributed by atoms with Crippen LogP contribution in [0, 0.1) is 36.5 Å². The first-order valence-electron chi connectivity index (χ1n) is 5.77. The maximum Gasteiger partial charge on any atom is 0.171 e. The van der Waals surface area contributed by atoms with E-state index in [0.717, 1.165) is 5.56 Å². The third kappa shape index (κ3) is 2.54. The van der Waals surface area contributed by atoms with E-state index in [1.807, 2.05) is 6.07 Å². The van der Waals surface area contributed by atoms with Gasteiger partial charge in [-0.2, -0.15) is 15.6 Å². The van der Waals surface area contributed by atoms with Gasteiger partial charge in [-0.05, 0) is 37.6 Å². The Bertz CT molecular complexity index is 755. The molecule has 2 aromatic rings. The molecule has 1 aromatic carbocycles. The second-order valence-electron chi connectivity index (χ2n) is 4.18. The predicted molar refractivity (Wildman–Crippen MR) is 75.7 cm³/mol. The van der Waals surface area contributed by atoms with Gasteiger partial charge in [0.2, 0.25) is 0 Å². The van der Waals surface area contributed by atoms with E-state index in [0.29, 0.717) is 33.3 Å². The van der Waals surface area contributed by atoms with Crippen molar-refractivity contribution < 1.29 is 0 Å². The van der Waals surface area contributed by atoms with Crippen molar-refractivity contribution >= 4 is 23.1 Å². The first-order valence-corrected chi connectivity index (χ1v) is 6.15. The number of aromatic nitrogens is 2. The van der Waals surface area contributed by atoms with Gasteiger partial charge in [0.15, 0.2) is 5.82 Å². The molecule has 5 nitrogen and oxygen atoms in total. The van der Waals surface area contributed by atoms with E-state index in [1.54, 1.807) is 32.0 Å². The molecule has 0 unspecified atom stereocenters. The van der Waals surface area contributed by atoms with Crippen molar-refractivity contribution in [3.05, 3.63) is 45.6 Å². The van der Waals surface area contributed by atoms with Gasteiger partial charge in [0.05, 0.1) is 28.0 Å². The lowest BCUT2D eigenvalue weighted by Crippen LogP contribution is -2.04. The molecular weight excluding hydrogens is 274 g/mol. The second-order valence-corrected chi connectivity index (χ2v) is 4.58. The fraction of sp³-hybridized carbons (Fsp3) is 0.143. The molecule has 2 rings (SSSR count). The molecule has 6 heteroatoms. The lowest BCUT2D eigenvalue weighted by Gasteiger charge is -2.11. The molecule has 98 valence electrons. The summed E-state index contributed by atoms with van der Waals surface area (Å²) in [4.78, 5) is 0.